The zero-order valence-electron chi connectivity index (χ0n) is 11.1. The van der Waals surface area contributed by atoms with E-state index in [9.17, 15) is 9.59 Å². The number of hydrogen-bond acceptors (Lipinski definition) is 4. The van der Waals surface area contributed by atoms with Crippen LogP contribution in [0.4, 0.5) is 0 Å². The van der Waals surface area contributed by atoms with E-state index in [1.165, 1.54) is 11.8 Å². The summed E-state index contributed by atoms with van der Waals surface area (Å²) in [6.07, 6.45) is 7.64. The Morgan fingerprint density at radius 1 is 1.47 bits per heavy atom. The van der Waals surface area contributed by atoms with Crippen molar-refractivity contribution in [3.05, 3.63) is 12.2 Å². The van der Waals surface area contributed by atoms with E-state index >= 15 is 0 Å². The molecular weight excluding hydrogens is 264 g/mol. The van der Waals surface area contributed by atoms with E-state index in [1.54, 1.807) is 0 Å². The largest absolute Gasteiger partial charge is 0.481 e. The predicted molar refractivity (Wildman–Crippen MR) is 74.1 cm³/mol. The highest BCUT2D eigenvalue weighted by molar-refractivity contribution is 8.14. The molecule has 0 aromatic carbocycles. The molecule has 4 atom stereocenters. The molecule has 0 aliphatic carbocycles. The van der Waals surface area contributed by atoms with Gasteiger partial charge in [-0.05, 0) is 12.8 Å². The lowest BCUT2D eigenvalue weighted by molar-refractivity contribution is -0.143. The molecular formula is C14H20O4S. The molecule has 2 heterocycles. The topological polar surface area (TPSA) is 63.6 Å². The smallest absolute Gasteiger partial charge is 0.306 e. The van der Waals surface area contributed by atoms with Crippen LogP contribution in [0.2, 0.25) is 0 Å². The lowest BCUT2D eigenvalue weighted by atomic mass is 9.99. The number of carboxylic acid groups (broad SMARTS) is 1. The molecule has 0 spiro atoms. The maximum Gasteiger partial charge on any atom is 0.306 e. The van der Waals surface area contributed by atoms with E-state index in [2.05, 4.69) is 0 Å². The zero-order valence-corrected chi connectivity index (χ0v) is 11.9. The third-order valence-corrected chi connectivity index (χ3v) is 4.82. The van der Waals surface area contributed by atoms with Crippen molar-refractivity contribution in [3.8, 4) is 0 Å². The van der Waals surface area contributed by atoms with E-state index in [0.717, 1.165) is 19.3 Å². The fourth-order valence-corrected chi connectivity index (χ4v) is 3.74. The molecule has 19 heavy (non-hydrogen) atoms. The number of ether oxygens (including phenoxy) is 1. The van der Waals surface area contributed by atoms with Gasteiger partial charge in [0.05, 0.1) is 18.1 Å². The van der Waals surface area contributed by atoms with E-state index in [4.69, 9.17) is 9.84 Å². The fourth-order valence-electron chi connectivity index (χ4n) is 2.53. The molecule has 1 saturated heterocycles. The number of unbranched alkanes of at least 4 members (excludes halogenated alkanes) is 1. The van der Waals surface area contributed by atoms with Crippen molar-refractivity contribution in [1.29, 1.82) is 0 Å². The van der Waals surface area contributed by atoms with Crippen molar-refractivity contribution in [2.24, 2.45) is 5.92 Å². The molecule has 2 aliphatic heterocycles. The third-order valence-electron chi connectivity index (χ3n) is 3.63. The van der Waals surface area contributed by atoms with Gasteiger partial charge in [-0.15, -0.1) is 0 Å². The number of rotatable bonds is 7. The van der Waals surface area contributed by atoms with Crippen molar-refractivity contribution < 1.29 is 19.4 Å². The van der Waals surface area contributed by atoms with Crippen LogP contribution < -0.4 is 0 Å². The average Bonchev–Trinajstić information content (AvgIpc) is 2.96. The molecule has 2 bridgehead atoms. The molecule has 0 aromatic rings. The van der Waals surface area contributed by atoms with Gasteiger partial charge in [0.25, 0.3) is 0 Å². The first-order valence-corrected chi connectivity index (χ1v) is 7.74. The molecule has 0 saturated carbocycles. The van der Waals surface area contributed by atoms with Gasteiger partial charge in [0.15, 0.2) is 5.12 Å². The monoisotopic (exact) mass is 284 g/mol. The van der Waals surface area contributed by atoms with Crippen LogP contribution in [0.3, 0.4) is 0 Å². The van der Waals surface area contributed by atoms with E-state index in [-0.39, 0.29) is 29.0 Å². The van der Waals surface area contributed by atoms with Crippen molar-refractivity contribution in [2.75, 3.05) is 0 Å². The van der Waals surface area contributed by atoms with Crippen LogP contribution in [-0.4, -0.2) is 33.6 Å². The Kier molecular flexibility index (Phi) is 5.05. The standard InChI is InChI=1S/C14H20O4S/c1-2-3-4-9(14(16)17)7-13(15)19-12-8-10-5-6-11(12)18-10/h5-6,9-12H,2-4,7-8H2,1H3,(H,16,17). The first kappa shape index (κ1) is 14.6. The van der Waals surface area contributed by atoms with Crippen LogP contribution in [-0.2, 0) is 14.3 Å². The third kappa shape index (κ3) is 3.83. The number of hydrogen-bond donors (Lipinski definition) is 1. The Balaban J connectivity index is 1.79. The molecule has 4 nitrogen and oxygen atoms in total. The normalized spacial score (nSPS) is 29.6. The van der Waals surface area contributed by atoms with Gasteiger partial charge < -0.3 is 9.84 Å². The molecule has 4 unspecified atom stereocenters. The zero-order chi connectivity index (χ0) is 13.8. The summed E-state index contributed by atoms with van der Waals surface area (Å²) in [5, 5.41) is 9.27. The predicted octanol–water partition coefficient (Wildman–Crippen LogP) is 2.62. The molecule has 1 fully saturated rings. The van der Waals surface area contributed by atoms with Gasteiger partial charge in [-0.25, -0.2) is 0 Å². The number of thioether (sulfide) groups is 1. The Morgan fingerprint density at radius 2 is 2.26 bits per heavy atom. The Morgan fingerprint density at radius 3 is 2.79 bits per heavy atom. The van der Waals surface area contributed by atoms with Crippen LogP contribution in [0.25, 0.3) is 0 Å². The quantitative estimate of drug-likeness (QED) is 0.728. The Labute approximate surface area is 117 Å². The Hall–Kier alpha value is -0.810. The first-order valence-electron chi connectivity index (χ1n) is 6.86. The molecule has 2 rings (SSSR count). The van der Waals surface area contributed by atoms with Gasteiger partial charge in [-0.3, -0.25) is 9.59 Å². The minimum Gasteiger partial charge on any atom is -0.481 e. The molecule has 2 aliphatic rings. The second-order valence-corrected chi connectivity index (χ2v) is 6.47. The van der Waals surface area contributed by atoms with Crippen molar-refractivity contribution in [1.82, 2.24) is 0 Å². The Bertz CT molecular complexity index is 380. The van der Waals surface area contributed by atoms with E-state index in [1.807, 2.05) is 19.1 Å². The summed E-state index contributed by atoms with van der Waals surface area (Å²) >= 11 is 1.27. The summed E-state index contributed by atoms with van der Waals surface area (Å²) < 4.78 is 5.60. The van der Waals surface area contributed by atoms with E-state index in [0.29, 0.717) is 6.42 Å². The highest BCUT2D eigenvalue weighted by Gasteiger charge is 2.38. The maximum absolute atomic E-state index is 12.0. The molecule has 0 radical (unpaired) electrons. The van der Waals surface area contributed by atoms with Crippen LogP contribution >= 0.6 is 11.8 Å². The second kappa shape index (κ2) is 6.57. The van der Waals surface area contributed by atoms with Gasteiger partial charge in [0, 0.05) is 11.7 Å². The number of fused-ring (bicyclic) bond motifs is 2. The number of aliphatic carboxylic acids is 1. The van der Waals surface area contributed by atoms with Crippen LogP contribution in [0, 0.1) is 5.92 Å². The van der Waals surface area contributed by atoms with Gasteiger partial charge in [0.2, 0.25) is 0 Å². The van der Waals surface area contributed by atoms with Gasteiger partial charge >= 0.3 is 5.97 Å². The van der Waals surface area contributed by atoms with Crippen LogP contribution in [0.5, 0.6) is 0 Å². The second-order valence-electron chi connectivity index (χ2n) is 5.17. The highest BCUT2D eigenvalue weighted by atomic mass is 32.2. The van der Waals surface area contributed by atoms with Crippen LogP contribution in [0.15, 0.2) is 12.2 Å². The molecule has 0 amide bonds. The first-order chi connectivity index (χ1) is 9.10. The lowest BCUT2D eigenvalue weighted by Crippen LogP contribution is -2.21. The summed E-state index contributed by atoms with van der Waals surface area (Å²) in [6, 6.07) is 0. The molecule has 5 heteroatoms. The summed E-state index contributed by atoms with van der Waals surface area (Å²) in [4.78, 5) is 23.1. The van der Waals surface area contributed by atoms with Gasteiger partial charge in [-0.1, -0.05) is 43.7 Å². The summed E-state index contributed by atoms with van der Waals surface area (Å²) in [6.45, 7) is 2.02. The fraction of sp³-hybridized carbons (Fsp3) is 0.714. The number of carbonyl (C=O) groups excluding carboxylic acids is 1. The van der Waals surface area contributed by atoms with Gasteiger partial charge in [0.1, 0.15) is 0 Å². The minimum atomic E-state index is -0.855. The van der Waals surface area contributed by atoms with Gasteiger partial charge in [-0.2, -0.15) is 0 Å². The highest BCUT2D eigenvalue weighted by Crippen LogP contribution is 2.37. The van der Waals surface area contributed by atoms with Crippen molar-refractivity contribution in [2.45, 2.75) is 56.5 Å². The minimum absolute atomic E-state index is 0.0157. The number of carboxylic acids is 1. The lowest BCUT2D eigenvalue weighted by Gasteiger charge is -2.15. The maximum atomic E-state index is 12.0. The van der Waals surface area contributed by atoms with Crippen molar-refractivity contribution in [3.63, 3.8) is 0 Å². The van der Waals surface area contributed by atoms with Crippen molar-refractivity contribution >= 4 is 22.8 Å². The SMILES string of the molecule is CCCCC(CC(=O)SC1CC2C=CC1O2)C(=O)O. The summed E-state index contributed by atoms with van der Waals surface area (Å²) in [5.41, 5.74) is 0. The summed E-state index contributed by atoms with van der Waals surface area (Å²) in [7, 11) is 0. The average molecular weight is 284 g/mol. The molecule has 1 N–H and O–H groups in total. The summed E-state index contributed by atoms with van der Waals surface area (Å²) in [5.74, 6) is -1.39. The number of carbonyl (C=O) groups is 2. The van der Waals surface area contributed by atoms with E-state index < -0.39 is 11.9 Å². The molecule has 0 aromatic heterocycles. The van der Waals surface area contributed by atoms with Crippen LogP contribution in [0.1, 0.15) is 39.0 Å². The molecule has 106 valence electrons.